The lowest BCUT2D eigenvalue weighted by atomic mass is 10.1. The van der Waals surface area contributed by atoms with E-state index in [-0.39, 0.29) is 6.04 Å². The summed E-state index contributed by atoms with van der Waals surface area (Å²) in [6.07, 6.45) is 4.79. The van der Waals surface area contributed by atoms with E-state index in [2.05, 4.69) is 34.8 Å². The SMILES string of the molecule is Cn1c(CC(N)CC2CC2)nc2ccccc21. The molecule has 0 radical (unpaired) electrons. The highest BCUT2D eigenvalue weighted by atomic mass is 15.1. The fraction of sp³-hybridized carbons (Fsp3) is 0.500. The Hall–Kier alpha value is -1.35. The molecule has 90 valence electrons. The normalized spacial score (nSPS) is 17.5. The van der Waals surface area contributed by atoms with Gasteiger partial charge < -0.3 is 10.3 Å². The second-order valence-corrected chi connectivity index (χ2v) is 5.22. The van der Waals surface area contributed by atoms with Crippen LogP contribution in [0.25, 0.3) is 11.0 Å². The number of nitrogens with two attached hydrogens (primary N) is 1. The Balaban J connectivity index is 1.81. The number of aromatic nitrogens is 2. The minimum absolute atomic E-state index is 0.262. The van der Waals surface area contributed by atoms with Crippen molar-refractivity contribution in [3.63, 3.8) is 0 Å². The summed E-state index contributed by atoms with van der Waals surface area (Å²) in [6, 6.07) is 8.52. The van der Waals surface area contributed by atoms with Crippen molar-refractivity contribution in [2.75, 3.05) is 0 Å². The van der Waals surface area contributed by atoms with Crippen LogP contribution in [0.1, 0.15) is 25.1 Å². The predicted octanol–water partition coefficient (Wildman–Crippen LogP) is 2.24. The summed E-state index contributed by atoms with van der Waals surface area (Å²) in [5.41, 5.74) is 8.45. The monoisotopic (exact) mass is 229 g/mol. The van der Waals surface area contributed by atoms with Crippen molar-refractivity contribution < 1.29 is 0 Å². The van der Waals surface area contributed by atoms with Crippen LogP contribution in [0.2, 0.25) is 0 Å². The van der Waals surface area contributed by atoms with Crippen LogP contribution in [-0.4, -0.2) is 15.6 Å². The molecule has 2 aromatic rings. The molecule has 1 fully saturated rings. The quantitative estimate of drug-likeness (QED) is 0.873. The summed E-state index contributed by atoms with van der Waals surface area (Å²) in [6.45, 7) is 0. The van der Waals surface area contributed by atoms with Crippen LogP contribution in [0, 0.1) is 5.92 Å². The molecule has 1 aromatic heterocycles. The van der Waals surface area contributed by atoms with Crippen molar-refractivity contribution in [3.05, 3.63) is 30.1 Å². The van der Waals surface area contributed by atoms with E-state index in [0.29, 0.717) is 0 Å². The molecule has 0 spiro atoms. The van der Waals surface area contributed by atoms with Crippen molar-refractivity contribution in [2.24, 2.45) is 18.7 Å². The number of para-hydroxylation sites is 2. The zero-order chi connectivity index (χ0) is 11.8. The van der Waals surface area contributed by atoms with Crippen molar-refractivity contribution in [1.82, 2.24) is 9.55 Å². The molecular weight excluding hydrogens is 210 g/mol. The van der Waals surface area contributed by atoms with Crippen LogP contribution >= 0.6 is 0 Å². The molecule has 17 heavy (non-hydrogen) atoms. The average molecular weight is 229 g/mol. The van der Waals surface area contributed by atoms with E-state index >= 15 is 0 Å². The molecule has 0 saturated heterocycles. The Morgan fingerprint density at radius 3 is 2.88 bits per heavy atom. The summed E-state index contributed by atoms with van der Waals surface area (Å²) in [7, 11) is 2.08. The van der Waals surface area contributed by atoms with Gasteiger partial charge in [0.25, 0.3) is 0 Å². The molecule has 1 unspecified atom stereocenters. The Bertz CT molecular complexity index is 525. The lowest BCUT2D eigenvalue weighted by Gasteiger charge is -2.10. The average Bonchev–Trinajstić information content (AvgIpc) is 3.06. The molecule has 1 atom stereocenters. The molecular formula is C14H19N3. The van der Waals surface area contributed by atoms with E-state index in [9.17, 15) is 0 Å². The maximum Gasteiger partial charge on any atom is 0.111 e. The molecule has 1 saturated carbocycles. The molecule has 1 aliphatic rings. The zero-order valence-corrected chi connectivity index (χ0v) is 10.3. The Labute approximate surface area is 102 Å². The molecule has 1 heterocycles. The molecule has 1 aliphatic carbocycles. The molecule has 3 rings (SSSR count). The van der Waals surface area contributed by atoms with Crippen LogP contribution in [0.5, 0.6) is 0 Å². The van der Waals surface area contributed by atoms with Gasteiger partial charge in [0.15, 0.2) is 0 Å². The first-order chi connectivity index (χ1) is 8.24. The minimum Gasteiger partial charge on any atom is -0.331 e. The van der Waals surface area contributed by atoms with Gasteiger partial charge >= 0.3 is 0 Å². The number of aryl methyl sites for hydroxylation is 1. The molecule has 3 heteroatoms. The third-order valence-corrected chi connectivity index (χ3v) is 3.66. The lowest BCUT2D eigenvalue weighted by Crippen LogP contribution is -2.24. The van der Waals surface area contributed by atoms with Gasteiger partial charge in [-0.1, -0.05) is 25.0 Å². The third-order valence-electron chi connectivity index (χ3n) is 3.66. The van der Waals surface area contributed by atoms with Crippen LogP contribution in [-0.2, 0) is 13.5 Å². The summed E-state index contributed by atoms with van der Waals surface area (Å²) >= 11 is 0. The molecule has 2 N–H and O–H groups in total. The Morgan fingerprint density at radius 1 is 1.41 bits per heavy atom. The van der Waals surface area contributed by atoms with E-state index in [4.69, 9.17) is 5.73 Å². The second-order valence-electron chi connectivity index (χ2n) is 5.22. The Morgan fingerprint density at radius 2 is 2.18 bits per heavy atom. The van der Waals surface area contributed by atoms with Crippen LogP contribution in [0.4, 0.5) is 0 Å². The maximum atomic E-state index is 6.18. The van der Waals surface area contributed by atoms with E-state index in [1.807, 2.05) is 6.07 Å². The number of benzene rings is 1. The lowest BCUT2D eigenvalue weighted by molar-refractivity contribution is 0.547. The van der Waals surface area contributed by atoms with Crippen molar-refractivity contribution in [1.29, 1.82) is 0 Å². The molecule has 0 amide bonds. The first-order valence-corrected chi connectivity index (χ1v) is 6.40. The summed E-state index contributed by atoms with van der Waals surface area (Å²) in [5.74, 6) is 2.00. The number of imidazole rings is 1. The molecule has 3 nitrogen and oxygen atoms in total. The first kappa shape index (κ1) is 10.8. The maximum absolute atomic E-state index is 6.18. The van der Waals surface area contributed by atoms with E-state index in [1.54, 1.807) is 0 Å². The zero-order valence-electron chi connectivity index (χ0n) is 10.3. The summed E-state index contributed by atoms with van der Waals surface area (Å²) in [5, 5.41) is 0. The van der Waals surface area contributed by atoms with Gasteiger partial charge in [0.1, 0.15) is 5.82 Å². The van der Waals surface area contributed by atoms with Gasteiger partial charge in [-0.2, -0.15) is 0 Å². The highest BCUT2D eigenvalue weighted by molar-refractivity contribution is 5.75. The second kappa shape index (κ2) is 4.15. The van der Waals surface area contributed by atoms with Gasteiger partial charge in [0.05, 0.1) is 11.0 Å². The van der Waals surface area contributed by atoms with Gasteiger partial charge in [-0.25, -0.2) is 4.98 Å². The highest BCUT2D eigenvalue weighted by Crippen LogP contribution is 2.33. The number of nitrogens with zero attached hydrogens (tertiary/aromatic N) is 2. The number of rotatable bonds is 4. The van der Waals surface area contributed by atoms with Gasteiger partial charge in [-0.05, 0) is 24.5 Å². The van der Waals surface area contributed by atoms with E-state index in [0.717, 1.165) is 30.1 Å². The largest absolute Gasteiger partial charge is 0.331 e. The standard InChI is InChI=1S/C14H19N3/c1-17-13-5-3-2-4-12(13)16-14(17)9-11(15)8-10-6-7-10/h2-5,10-11H,6-9,15H2,1H3. The fourth-order valence-corrected chi connectivity index (χ4v) is 2.48. The summed E-state index contributed by atoms with van der Waals surface area (Å²) < 4.78 is 2.17. The van der Waals surface area contributed by atoms with E-state index in [1.165, 1.54) is 18.4 Å². The topological polar surface area (TPSA) is 43.8 Å². The van der Waals surface area contributed by atoms with Crippen molar-refractivity contribution >= 4 is 11.0 Å². The van der Waals surface area contributed by atoms with E-state index < -0.39 is 0 Å². The van der Waals surface area contributed by atoms with Crippen molar-refractivity contribution in [2.45, 2.75) is 31.7 Å². The Kier molecular flexibility index (Phi) is 2.63. The summed E-state index contributed by atoms with van der Waals surface area (Å²) in [4.78, 5) is 4.66. The van der Waals surface area contributed by atoms with Crippen LogP contribution < -0.4 is 5.73 Å². The number of hydrogen-bond acceptors (Lipinski definition) is 2. The van der Waals surface area contributed by atoms with Gasteiger partial charge in [0.2, 0.25) is 0 Å². The van der Waals surface area contributed by atoms with Crippen molar-refractivity contribution in [3.8, 4) is 0 Å². The predicted molar refractivity (Wildman–Crippen MR) is 69.7 cm³/mol. The van der Waals surface area contributed by atoms with Gasteiger partial charge in [-0.15, -0.1) is 0 Å². The molecule has 0 aliphatic heterocycles. The van der Waals surface area contributed by atoms with Gasteiger partial charge in [-0.3, -0.25) is 0 Å². The van der Waals surface area contributed by atoms with Gasteiger partial charge in [0, 0.05) is 19.5 Å². The number of fused-ring (bicyclic) bond motifs is 1. The fourth-order valence-electron chi connectivity index (χ4n) is 2.48. The molecule has 0 bridgehead atoms. The molecule has 1 aromatic carbocycles. The third kappa shape index (κ3) is 2.20. The first-order valence-electron chi connectivity index (χ1n) is 6.40. The highest BCUT2D eigenvalue weighted by Gasteiger charge is 2.24. The smallest absolute Gasteiger partial charge is 0.111 e. The van der Waals surface area contributed by atoms with Crippen LogP contribution in [0.15, 0.2) is 24.3 Å². The minimum atomic E-state index is 0.262. The number of hydrogen-bond donors (Lipinski definition) is 1. The van der Waals surface area contributed by atoms with Crippen LogP contribution in [0.3, 0.4) is 0 Å².